The lowest BCUT2D eigenvalue weighted by atomic mass is 9.88. The lowest BCUT2D eigenvalue weighted by Crippen LogP contribution is -2.28. The molecular weight excluding hydrogens is 380 g/mol. The van der Waals surface area contributed by atoms with Gasteiger partial charge in [-0.3, -0.25) is 0 Å². The molecule has 0 spiro atoms. The molecule has 0 aliphatic carbocycles. The van der Waals surface area contributed by atoms with Crippen LogP contribution in [0, 0.1) is 6.92 Å². The second-order valence-corrected chi connectivity index (χ2v) is 8.45. The van der Waals surface area contributed by atoms with Crippen LogP contribution >= 0.6 is 0 Å². The maximum Gasteiger partial charge on any atom is 0.339 e. The van der Waals surface area contributed by atoms with Crippen molar-refractivity contribution in [3.05, 3.63) is 58.7 Å². The molecule has 0 aliphatic rings. The average Bonchev–Trinajstić information content (AvgIpc) is 2.69. The molecule has 0 amide bonds. The lowest BCUT2D eigenvalue weighted by molar-refractivity contribution is -0.164. The van der Waals surface area contributed by atoms with Gasteiger partial charge in [-0.2, -0.15) is 0 Å². The van der Waals surface area contributed by atoms with Crippen molar-refractivity contribution < 1.29 is 24.2 Å². The van der Waals surface area contributed by atoms with E-state index in [4.69, 9.17) is 9.47 Å². The molecule has 5 nitrogen and oxygen atoms in total. The van der Waals surface area contributed by atoms with Crippen molar-refractivity contribution in [1.82, 2.24) is 0 Å². The summed E-state index contributed by atoms with van der Waals surface area (Å²) < 4.78 is 11.0. The molecule has 0 saturated heterocycles. The first-order valence-corrected chi connectivity index (χ1v) is 10.3. The molecule has 30 heavy (non-hydrogen) atoms. The fourth-order valence-electron chi connectivity index (χ4n) is 3.45. The number of aromatic carboxylic acids is 1. The van der Waals surface area contributed by atoms with E-state index in [1.807, 2.05) is 39.0 Å². The predicted molar refractivity (Wildman–Crippen MR) is 118 cm³/mol. The van der Waals surface area contributed by atoms with Crippen LogP contribution in [0.15, 0.2) is 36.4 Å². The Kier molecular flexibility index (Phi) is 7.79. The van der Waals surface area contributed by atoms with E-state index in [2.05, 4.69) is 13.8 Å². The number of methoxy groups -OCH3 is 1. The number of esters is 1. The number of hydrogen-bond acceptors (Lipinski definition) is 4. The van der Waals surface area contributed by atoms with E-state index < -0.39 is 23.6 Å². The van der Waals surface area contributed by atoms with Crippen LogP contribution in [-0.2, 0) is 20.7 Å². The number of carbonyl (C=O) groups excluding carboxylic acids is 1. The van der Waals surface area contributed by atoms with Crippen LogP contribution in [0.3, 0.4) is 0 Å². The van der Waals surface area contributed by atoms with Crippen molar-refractivity contribution in [3.63, 3.8) is 0 Å². The Morgan fingerprint density at radius 1 is 1.13 bits per heavy atom. The number of unbranched alkanes of at least 4 members (excludes halogenated alkanes) is 1. The topological polar surface area (TPSA) is 72.8 Å². The summed E-state index contributed by atoms with van der Waals surface area (Å²) in [6, 6.07) is 10.9. The molecule has 2 aromatic carbocycles. The highest BCUT2D eigenvalue weighted by Crippen LogP contribution is 2.37. The van der Waals surface area contributed by atoms with Gasteiger partial charge in [-0.25, -0.2) is 9.59 Å². The molecule has 162 valence electrons. The largest absolute Gasteiger partial charge is 0.478 e. The Morgan fingerprint density at radius 2 is 1.83 bits per heavy atom. The first kappa shape index (κ1) is 23.6. The van der Waals surface area contributed by atoms with Gasteiger partial charge in [-0.05, 0) is 63.3 Å². The van der Waals surface area contributed by atoms with Crippen LogP contribution in [0.2, 0.25) is 0 Å². The third-order valence-corrected chi connectivity index (χ3v) is 4.93. The maximum absolute atomic E-state index is 12.6. The van der Waals surface area contributed by atoms with Crippen molar-refractivity contribution in [2.24, 2.45) is 0 Å². The predicted octanol–water partition coefficient (Wildman–Crippen LogP) is 5.73. The third-order valence-electron chi connectivity index (χ3n) is 4.93. The summed E-state index contributed by atoms with van der Waals surface area (Å²) in [5, 5.41) is 9.87. The zero-order valence-electron chi connectivity index (χ0n) is 18.7. The minimum atomic E-state index is -1.05. The molecule has 1 N–H and O–H groups in total. The maximum atomic E-state index is 12.6. The molecule has 0 fully saturated rings. The second-order valence-electron chi connectivity index (χ2n) is 8.45. The van der Waals surface area contributed by atoms with Gasteiger partial charge in [-0.15, -0.1) is 0 Å². The van der Waals surface area contributed by atoms with Gasteiger partial charge >= 0.3 is 11.9 Å². The van der Waals surface area contributed by atoms with Crippen LogP contribution in [0.1, 0.15) is 73.7 Å². The molecule has 0 aliphatic heterocycles. The van der Waals surface area contributed by atoms with Gasteiger partial charge in [0.25, 0.3) is 0 Å². The van der Waals surface area contributed by atoms with Crippen molar-refractivity contribution in [3.8, 4) is 11.1 Å². The van der Waals surface area contributed by atoms with Crippen molar-refractivity contribution >= 4 is 11.9 Å². The van der Waals surface area contributed by atoms with E-state index in [1.54, 1.807) is 18.2 Å². The molecule has 2 rings (SSSR count). The smallest absolute Gasteiger partial charge is 0.339 e. The number of rotatable bonds is 8. The first-order chi connectivity index (χ1) is 14.1. The number of carboxylic acid groups (broad SMARTS) is 1. The molecule has 1 atom stereocenters. The van der Waals surface area contributed by atoms with Crippen LogP contribution < -0.4 is 0 Å². The number of aryl methyl sites for hydroxylation is 2. The summed E-state index contributed by atoms with van der Waals surface area (Å²) in [6.07, 6.45) is 2.00. The Bertz CT molecular complexity index is 908. The zero-order chi connectivity index (χ0) is 22.5. The summed E-state index contributed by atoms with van der Waals surface area (Å²) in [5.74, 6) is -1.62. The fourth-order valence-corrected chi connectivity index (χ4v) is 3.45. The van der Waals surface area contributed by atoms with Gasteiger partial charge in [0, 0.05) is 11.1 Å². The number of hydrogen-bond donors (Lipinski definition) is 1. The Labute approximate surface area is 179 Å². The Morgan fingerprint density at radius 3 is 2.40 bits per heavy atom. The van der Waals surface area contributed by atoms with Gasteiger partial charge in [0.2, 0.25) is 0 Å². The Balaban J connectivity index is 2.74. The van der Waals surface area contributed by atoms with E-state index in [0.29, 0.717) is 11.1 Å². The summed E-state index contributed by atoms with van der Waals surface area (Å²) in [4.78, 5) is 24.7. The van der Waals surface area contributed by atoms with Gasteiger partial charge in [0.05, 0.1) is 18.3 Å². The molecule has 0 heterocycles. The second kappa shape index (κ2) is 9.90. The number of carbonyl (C=O) groups is 2. The molecule has 0 bridgehead atoms. The highest BCUT2D eigenvalue weighted by molar-refractivity contribution is 5.98. The van der Waals surface area contributed by atoms with E-state index in [-0.39, 0.29) is 5.56 Å². The zero-order valence-corrected chi connectivity index (χ0v) is 18.7. The monoisotopic (exact) mass is 412 g/mol. The quantitative estimate of drug-likeness (QED) is 0.560. The van der Waals surface area contributed by atoms with E-state index >= 15 is 0 Å². The van der Waals surface area contributed by atoms with E-state index in [9.17, 15) is 14.7 Å². The van der Waals surface area contributed by atoms with Gasteiger partial charge in [0.1, 0.15) is 0 Å². The Hall–Kier alpha value is -2.66. The average molecular weight is 413 g/mol. The lowest BCUT2D eigenvalue weighted by Gasteiger charge is -2.28. The third kappa shape index (κ3) is 5.70. The standard InChI is InChI=1S/C25H32O5/c1-7-8-10-17-15-18(14-13-16(17)2)21-19(11-9-12-20(21)23(26)27)22(24(28)29-6)30-25(3,4)5/h9,11-15,22H,7-8,10H2,1-6H3,(H,26,27). The molecule has 0 saturated carbocycles. The van der Waals surface area contributed by atoms with Crippen molar-refractivity contribution in [1.29, 1.82) is 0 Å². The highest BCUT2D eigenvalue weighted by Gasteiger charge is 2.32. The molecule has 0 radical (unpaired) electrons. The van der Waals surface area contributed by atoms with Crippen molar-refractivity contribution in [2.75, 3.05) is 7.11 Å². The highest BCUT2D eigenvalue weighted by atomic mass is 16.6. The number of carboxylic acids is 1. The summed E-state index contributed by atoms with van der Waals surface area (Å²) in [6.45, 7) is 9.73. The van der Waals surface area contributed by atoms with Crippen LogP contribution in [-0.4, -0.2) is 29.8 Å². The van der Waals surface area contributed by atoms with Crippen molar-refractivity contribution in [2.45, 2.75) is 65.6 Å². The van der Waals surface area contributed by atoms with Crippen LogP contribution in [0.4, 0.5) is 0 Å². The minimum absolute atomic E-state index is 0.129. The number of ether oxygens (including phenoxy) is 2. The fraction of sp³-hybridized carbons (Fsp3) is 0.440. The summed E-state index contributed by atoms with van der Waals surface area (Å²) in [7, 11) is 1.30. The van der Waals surface area contributed by atoms with Gasteiger partial charge in [0.15, 0.2) is 6.10 Å². The minimum Gasteiger partial charge on any atom is -0.478 e. The molecular formula is C25H32O5. The van der Waals surface area contributed by atoms with Crippen LogP contribution in [0.25, 0.3) is 11.1 Å². The molecule has 0 aromatic heterocycles. The van der Waals surface area contributed by atoms with E-state index in [1.165, 1.54) is 12.7 Å². The normalized spacial score (nSPS) is 12.5. The number of benzene rings is 2. The van der Waals surface area contributed by atoms with Crippen LogP contribution in [0.5, 0.6) is 0 Å². The molecule has 1 unspecified atom stereocenters. The van der Waals surface area contributed by atoms with E-state index in [0.717, 1.165) is 30.4 Å². The molecule has 2 aromatic rings. The van der Waals surface area contributed by atoms with Gasteiger partial charge in [-0.1, -0.05) is 43.7 Å². The summed E-state index contributed by atoms with van der Waals surface area (Å²) >= 11 is 0. The first-order valence-electron chi connectivity index (χ1n) is 10.3. The molecule has 5 heteroatoms. The van der Waals surface area contributed by atoms with Gasteiger partial charge < -0.3 is 14.6 Å². The summed E-state index contributed by atoms with van der Waals surface area (Å²) in [5.41, 5.74) is 3.57. The SMILES string of the molecule is CCCCc1cc(-c2c(C(=O)O)cccc2C(OC(C)(C)C)C(=O)OC)ccc1C.